The number of aliphatic hydroxyl groups is 1. The Morgan fingerprint density at radius 2 is 2.08 bits per heavy atom. The predicted octanol–water partition coefficient (Wildman–Crippen LogP) is 1.68. The van der Waals surface area contributed by atoms with E-state index in [2.05, 4.69) is 9.97 Å². The van der Waals surface area contributed by atoms with Gasteiger partial charge in [-0.05, 0) is 18.1 Å². The molecule has 0 spiro atoms. The molecule has 0 bridgehead atoms. The molecule has 0 unspecified atom stereocenters. The van der Waals surface area contributed by atoms with Crippen LogP contribution in [0.5, 0.6) is 0 Å². The van der Waals surface area contributed by atoms with E-state index in [1.807, 2.05) is 13.8 Å². The summed E-state index contributed by atoms with van der Waals surface area (Å²) in [7, 11) is 0. The van der Waals surface area contributed by atoms with Gasteiger partial charge in [-0.15, -0.1) is 0 Å². The summed E-state index contributed by atoms with van der Waals surface area (Å²) in [5.74, 6) is -0.806. The van der Waals surface area contributed by atoms with Gasteiger partial charge in [0.15, 0.2) is 0 Å². The van der Waals surface area contributed by atoms with Gasteiger partial charge in [-0.2, -0.15) is 0 Å². The van der Waals surface area contributed by atoms with Crippen molar-refractivity contribution in [3.8, 4) is 11.4 Å². The van der Waals surface area contributed by atoms with Crippen LogP contribution < -0.4 is 0 Å². The average molecular weight is 343 g/mol. The summed E-state index contributed by atoms with van der Waals surface area (Å²) in [6.07, 6.45) is -0.405. The number of carbonyl (C=O) groups excluding carboxylic acids is 1. The van der Waals surface area contributed by atoms with E-state index in [1.54, 1.807) is 23.1 Å². The van der Waals surface area contributed by atoms with E-state index in [1.165, 1.54) is 6.07 Å². The lowest BCUT2D eigenvalue weighted by atomic mass is 10.0. The zero-order valence-electron chi connectivity index (χ0n) is 14.2. The van der Waals surface area contributed by atoms with Gasteiger partial charge >= 0.3 is 5.97 Å². The number of nitrogens with zero attached hydrogens (tertiary/aromatic N) is 2. The van der Waals surface area contributed by atoms with Gasteiger partial charge in [0, 0.05) is 18.5 Å². The molecule has 0 saturated heterocycles. The quantitative estimate of drug-likeness (QED) is 0.783. The van der Waals surface area contributed by atoms with Crippen molar-refractivity contribution < 1.29 is 19.8 Å². The van der Waals surface area contributed by atoms with E-state index in [0.717, 1.165) is 11.4 Å². The van der Waals surface area contributed by atoms with Crippen molar-refractivity contribution in [3.63, 3.8) is 0 Å². The molecule has 2 aromatic rings. The number of carbonyl (C=O) groups is 2. The number of benzene rings is 1. The third-order valence-corrected chi connectivity index (χ3v) is 4.41. The van der Waals surface area contributed by atoms with Crippen LogP contribution in [0.4, 0.5) is 0 Å². The Labute approximate surface area is 145 Å². The number of carboxylic acid groups (broad SMARTS) is 1. The molecule has 0 fully saturated rings. The molecule has 2 heterocycles. The lowest BCUT2D eigenvalue weighted by Crippen LogP contribution is -2.44. The molecule has 3 rings (SSSR count). The second-order valence-electron chi connectivity index (χ2n) is 6.60. The van der Waals surface area contributed by atoms with Crippen LogP contribution in [0.15, 0.2) is 24.3 Å². The summed E-state index contributed by atoms with van der Waals surface area (Å²) in [4.78, 5) is 32.8. The van der Waals surface area contributed by atoms with Crippen molar-refractivity contribution >= 4 is 11.9 Å². The number of amides is 1. The number of hydrogen-bond donors (Lipinski definition) is 3. The van der Waals surface area contributed by atoms with Crippen LogP contribution in [-0.2, 0) is 17.8 Å². The molecule has 1 atom stereocenters. The molecule has 0 radical (unpaired) electrons. The molecular formula is C18H21N3O4. The molecule has 1 aliphatic rings. The van der Waals surface area contributed by atoms with Crippen LogP contribution in [0.25, 0.3) is 11.4 Å². The number of aromatic nitrogens is 2. The number of aliphatic hydroxyl groups excluding tert-OH is 1. The smallest absolute Gasteiger partial charge is 0.335 e. The Morgan fingerprint density at radius 1 is 1.32 bits per heavy atom. The standard InChI is InChI=1S/C18H21N3O4/c1-10(2)15(22)17(23)21-7-6-13-14(9-21)20-16(19-13)11-4-3-5-12(8-11)18(24)25/h3-5,8,10,15,22H,6-7,9H2,1-2H3,(H,19,20)(H,24,25)/t15-/m0/s1. The number of aromatic amines is 1. The van der Waals surface area contributed by atoms with Crippen molar-refractivity contribution in [1.82, 2.24) is 14.9 Å². The molecule has 0 saturated carbocycles. The van der Waals surface area contributed by atoms with Gasteiger partial charge in [0.05, 0.1) is 23.5 Å². The number of hydrogen-bond acceptors (Lipinski definition) is 4. The average Bonchev–Trinajstić information content (AvgIpc) is 3.03. The summed E-state index contributed by atoms with van der Waals surface area (Å²) < 4.78 is 0. The maximum atomic E-state index is 12.3. The fraction of sp³-hybridized carbons (Fsp3) is 0.389. The topological polar surface area (TPSA) is 107 Å². The summed E-state index contributed by atoms with van der Waals surface area (Å²) in [5.41, 5.74) is 2.59. The highest BCUT2D eigenvalue weighted by Gasteiger charge is 2.29. The lowest BCUT2D eigenvalue weighted by molar-refractivity contribution is -0.143. The maximum Gasteiger partial charge on any atom is 0.335 e. The van der Waals surface area contributed by atoms with Crippen molar-refractivity contribution in [3.05, 3.63) is 41.2 Å². The molecule has 7 nitrogen and oxygen atoms in total. The first-order chi connectivity index (χ1) is 11.9. The third kappa shape index (κ3) is 3.41. The number of fused-ring (bicyclic) bond motifs is 1. The molecule has 1 aliphatic heterocycles. The summed E-state index contributed by atoms with van der Waals surface area (Å²) >= 11 is 0. The van der Waals surface area contributed by atoms with Crippen LogP contribution >= 0.6 is 0 Å². The minimum Gasteiger partial charge on any atom is -0.478 e. The Morgan fingerprint density at radius 3 is 2.76 bits per heavy atom. The van der Waals surface area contributed by atoms with E-state index in [-0.39, 0.29) is 17.4 Å². The van der Waals surface area contributed by atoms with E-state index in [0.29, 0.717) is 30.9 Å². The minimum absolute atomic E-state index is 0.134. The Hall–Kier alpha value is -2.67. The van der Waals surface area contributed by atoms with Gasteiger partial charge in [-0.3, -0.25) is 4.79 Å². The predicted molar refractivity (Wildman–Crippen MR) is 90.9 cm³/mol. The summed E-state index contributed by atoms with van der Waals surface area (Å²) in [6.45, 7) is 4.49. The third-order valence-electron chi connectivity index (χ3n) is 4.41. The van der Waals surface area contributed by atoms with E-state index in [9.17, 15) is 14.7 Å². The summed E-state index contributed by atoms with van der Waals surface area (Å²) in [5, 5.41) is 19.1. The zero-order chi connectivity index (χ0) is 18.1. The number of nitrogens with one attached hydrogen (secondary N) is 1. The molecule has 1 amide bonds. The molecule has 25 heavy (non-hydrogen) atoms. The Kier molecular flexibility index (Phi) is 4.59. The molecule has 3 N–H and O–H groups in total. The molecule has 1 aromatic carbocycles. The van der Waals surface area contributed by atoms with Gasteiger partial charge in [-0.25, -0.2) is 9.78 Å². The number of rotatable bonds is 4. The van der Waals surface area contributed by atoms with Gasteiger partial charge in [0.1, 0.15) is 11.9 Å². The molecule has 1 aromatic heterocycles. The second kappa shape index (κ2) is 6.68. The fourth-order valence-corrected chi connectivity index (χ4v) is 2.89. The highest BCUT2D eigenvalue weighted by molar-refractivity contribution is 5.89. The Balaban J connectivity index is 1.83. The number of H-pyrrole nitrogens is 1. The maximum absolute atomic E-state index is 12.3. The zero-order valence-corrected chi connectivity index (χ0v) is 14.2. The lowest BCUT2D eigenvalue weighted by Gasteiger charge is -2.29. The molecular weight excluding hydrogens is 322 g/mol. The highest BCUT2D eigenvalue weighted by Crippen LogP contribution is 2.24. The number of imidazole rings is 1. The van der Waals surface area contributed by atoms with E-state index >= 15 is 0 Å². The van der Waals surface area contributed by atoms with Gasteiger partial charge in [0.25, 0.3) is 5.91 Å². The molecule has 0 aliphatic carbocycles. The first-order valence-electron chi connectivity index (χ1n) is 8.25. The normalized spacial score (nSPS) is 15.1. The van der Waals surface area contributed by atoms with Crippen molar-refractivity contribution in [1.29, 1.82) is 0 Å². The van der Waals surface area contributed by atoms with Crippen LogP contribution in [0.2, 0.25) is 0 Å². The van der Waals surface area contributed by atoms with Crippen LogP contribution in [0.3, 0.4) is 0 Å². The first-order valence-corrected chi connectivity index (χ1v) is 8.25. The van der Waals surface area contributed by atoms with Crippen LogP contribution in [0, 0.1) is 5.92 Å². The minimum atomic E-state index is -1.00. The largest absolute Gasteiger partial charge is 0.478 e. The second-order valence-corrected chi connectivity index (χ2v) is 6.60. The molecule has 7 heteroatoms. The monoisotopic (exact) mass is 343 g/mol. The van der Waals surface area contributed by atoms with E-state index in [4.69, 9.17) is 5.11 Å². The SMILES string of the molecule is CC(C)[C@H](O)C(=O)N1CCc2nc(-c3cccc(C(=O)O)c3)[nH]c2C1. The number of aromatic carboxylic acids is 1. The van der Waals surface area contributed by atoms with Gasteiger partial charge < -0.3 is 20.1 Å². The van der Waals surface area contributed by atoms with Gasteiger partial charge in [-0.1, -0.05) is 26.0 Å². The highest BCUT2D eigenvalue weighted by atomic mass is 16.4. The molecule has 132 valence electrons. The van der Waals surface area contributed by atoms with Crippen molar-refractivity contribution in [2.75, 3.05) is 6.54 Å². The van der Waals surface area contributed by atoms with Crippen LogP contribution in [-0.4, -0.2) is 49.6 Å². The van der Waals surface area contributed by atoms with E-state index < -0.39 is 12.1 Å². The van der Waals surface area contributed by atoms with Crippen molar-refractivity contribution in [2.24, 2.45) is 5.92 Å². The number of carboxylic acids is 1. The van der Waals surface area contributed by atoms with Crippen molar-refractivity contribution in [2.45, 2.75) is 32.9 Å². The summed E-state index contributed by atoms with van der Waals surface area (Å²) in [6, 6.07) is 6.57. The Bertz CT molecular complexity index is 812. The van der Waals surface area contributed by atoms with Crippen LogP contribution in [0.1, 0.15) is 35.6 Å². The first kappa shape index (κ1) is 17.2. The fourth-order valence-electron chi connectivity index (χ4n) is 2.89. The van der Waals surface area contributed by atoms with Gasteiger partial charge in [0.2, 0.25) is 0 Å².